The molecular formula is C6H13O2. The Labute approximate surface area is 50.2 Å². The van der Waals surface area contributed by atoms with Crippen LogP contribution >= 0.6 is 0 Å². The molecule has 2 atom stereocenters. The van der Waals surface area contributed by atoms with Gasteiger partial charge in [-0.25, -0.2) is 0 Å². The molecule has 2 nitrogen and oxygen atoms in total. The zero-order chi connectivity index (χ0) is 6.57. The van der Waals surface area contributed by atoms with E-state index in [2.05, 4.69) is 6.92 Å². The molecule has 0 saturated carbocycles. The third-order valence-electron chi connectivity index (χ3n) is 1.02. The van der Waals surface area contributed by atoms with Crippen molar-refractivity contribution in [1.29, 1.82) is 0 Å². The zero-order valence-corrected chi connectivity index (χ0v) is 5.17. The topological polar surface area (TPSA) is 40.5 Å². The Bertz CT molecular complexity index is 52.5. The second-order valence-electron chi connectivity index (χ2n) is 1.95. The largest absolute Gasteiger partial charge is 0.393 e. The molecule has 0 aliphatic rings. The fourth-order valence-electron chi connectivity index (χ4n) is 0.481. The van der Waals surface area contributed by atoms with Crippen molar-refractivity contribution in [2.45, 2.75) is 32.0 Å². The minimum Gasteiger partial charge on any atom is -0.393 e. The molecule has 1 radical (unpaired) electrons. The first kappa shape index (κ1) is 7.92. The molecule has 0 bridgehead atoms. The molecule has 0 amide bonds. The van der Waals surface area contributed by atoms with Gasteiger partial charge < -0.3 is 10.2 Å². The van der Waals surface area contributed by atoms with Gasteiger partial charge >= 0.3 is 0 Å². The van der Waals surface area contributed by atoms with E-state index < -0.39 is 6.10 Å². The summed E-state index contributed by atoms with van der Waals surface area (Å²) in [7, 11) is 0. The van der Waals surface area contributed by atoms with E-state index in [1.165, 1.54) is 0 Å². The SMILES string of the molecule is [CH2]C(O)CC(O)CC. The molecule has 0 aliphatic heterocycles. The fourth-order valence-corrected chi connectivity index (χ4v) is 0.481. The van der Waals surface area contributed by atoms with Crippen molar-refractivity contribution < 1.29 is 10.2 Å². The summed E-state index contributed by atoms with van der Waals surface area (Å²) in [5.74, 6) is 0. The van der Waals surface area contributed by atoms with Gasteiger partial charge in [-0.15, -0.1) is 0 Å². The maximum Gasteiger partial charge on any atom is 0.0565 e. The molecule has 0 aromatic rings. The van der Waals surface area contributed by atoms with Crippen LogP contribution in [0.4, 0.5) is 0 Å². The van der Waals surface area contributed by atoms with Gasteiger partial charge in [0.2, 0.25) is 0 Å². The maximum absolute atomic E-state index is 8.83. The lowest BCUT2D eigenvalue weighted by atomic mass is 10.1. The molecule has 2 heteroatoms. The summed E-state index contributed by atoms with van der Waals surface area (Å²) in [5.41, 5.74) is 0. The van der Waals surface area contributed by atoms with E-state index in [0.29, 0.717) is 12.8 Å². The predicted octanol–water partition coefficient (Wildman–Crippen LogP) is 0.342. The number of hydrogen-bond acceptors (Lipinski definition) is 2. The molecule has 0 rings (SSSR count). The maximum atomic E-state index is 8.83. The summed E-state index contributed by atoms with van der Waals surface area (Å²) < 4.78 is 0. The average Bonchev–Trinajstić information content (AvgIpc) is 1.65. The van der Waals surface area contributed by atoms with Gasteiger partial charge in [-0.05, 0) is 19.8 Å². The monoisotopic (exact) mass is 117 g/mol. The number of hydrogen-bond donors (Lipinski definition) is 2. The van der Waals surface area contributed by atoms with E-state index in [4.69, 9.17) is 10.2 Å². The first-order valence-corrected chi connectivity index (χ1v) is 2.86. The molecule has 0 aliphatic carbocycles. The third kappa shape index (κ3) is 4.09. The van der Waals surface area contributed by atoms with E-state index in [1.54, 1.807) is 0 Å². The van der Waals surface area contributed by atoms with Crippen LogP contribution in [0.2, 0.25) is 0 Å². The highest BCUT2D eigenvalue weighted by Crippen LogP contribution is 1.99. The van der Waals surface area contributed by atoms with Crippen molar-refractivity contribution >= 4 is 0 Å². The van der Waals surface area contributed by atoms with E-state index in [9.17, 15) is 0 Å². The van der Waals surface area contributed by atoms with E-state index in [-0.39, 0.29) is 6.10 Å². The van der Waals surface area contributed by atoms with Crippen molar-refractivity contribution in [1.82, 2.24) is 0 Å². The van der Waals surface area contributed by atoms with Crippen molar-refractivity contribution in [3.8, 4) is 0 Å². The number of aliphatic hydroxyl groups excluding tert-OH is 2. The van der Waals surface area contributed by atoms with Crippen LogP contribution in [-0.2, 0) is 0 Å². The van der Waals surface area contributed by atoms with Gasteiger partial charge in [0.1, 0.15) is 0 Å². The number of rotatable bonds is 3. The lowest BCUT2D eigenvalue weighted by molar-refractivity contribution is 0.100. The highest BCUT2D eigenvalue weighted by Gasteiger charge is 2.03. The molecule has 0 fully saturated rings. The van der Waals surface area contributed by atoms with Gasteiger partial charge in [0, 0.05) is 0 Å². The lowest BCUT2D eigenvalue weighted by Crippen LogP contribution is -2.13. The van der Waals surface area contributed by atoms with Gasteiger partial charge in [-0.1, -0.05) is 6.92 Å². The number of aliphatic hydroxyl groups is 2. The molecule has 2 unspecified atom stereocenters. The standard InChI is InChI=1S/C6H13O2/c1-3-6(8)4-5(2)7/h5-8H,2-4H2,1H3. The smallest absolute Gasteiger partial charge is 0.0565 e. The minimum atomic E-state index is -0.620. The predicted molar refractivity (Wildman–Crippen MR) is 32.3 cm³/mol. The van der Waals surface area contributed by atoms with Gasteiger partial charge in [-0.2, -0.15) is 0 Å². The highest BCUT2D eigenvalue weighted by atomic mass is 16.3. The Morgan fingerprint density at radius 1 is 1.50 bits per heavy atom. The Hall–Kier alpha value is -0.0800. The molecule has 0 heterocycles. The van der Waals surface area contributed by atoms with Crippen LogP contribution in [0.5, 0.6) is 0 Å². The summed E-state index contributed by atoms with van der Waals surface area (Å²) in [4.78, 5) is 0. The van der Waals surface area contributed by atoms with Crippen molar-refractivity contribution in [2.24, 2.45) is 0 Å². The molecule has 0 spiro atoms. The normalized spacial score (nSPS) is 18.0. The van der Waals surface area contributed by atoms with Crippen LogP contribution in [0.15, 0.2) is 0 Å². The second-order valence-corrected chi connectivity index (χ2v) is 1.95. The van der Waals surface area contributed by atoms with Crippen LogP contribution in [0.25, 0.3) is 0 Å². The molecule has 8 heavy (non-hydrogen) atoms. The van der Waals surface area contributed by atoms with Crippen molar-refractivity contribution in [3.63, 3.8) is 0 Å². The Kier molecular flexibility index (Phi) is 3.83. The summed E-state index contributed by atoms with van der Waals surface area (Å²) in [6, 6.07) is 0. The summed E-state index contributed by atoms with van der Waals surface area (Å²) in [6.45, 7) is 5.19. The lowest BCUT2D eigenvalue weighted by Gasteiger charge is -2.07. The van der Waals surface area contributed by atoms with Gasteiger partial charge in [-0.3, -0.25) is 0 Å². The third-order valence-corrected chi connectivity index (χ3v) is 1.02. The van der Waals surface area contributed by atoms with Crippen molar-refractivity contribution in [3.05, 3.63) is 6.92 Å². The van der Waals surface area contributed by atoms with Crippen LogP contribution in [0, 0.1) is 6.92 Å². The van der Waals surface area contributed by atoms with Crippen molar-refractivity contribution in [2.75, 3.05) is 0 Å². The molecule has 49 valence electrons. The summed E-state index contributed by atoms with van der Waals surface area (Å²) >= 11 is 0. The van der Waals surface area contributed by atoms with Gasteiger partial charge in [0.25, 0.3) is 0 Å². The Morgan fingerprint density at radius 2 is 2.00 bits per heavy atom. The molecule has 0 saturated heterocycles. The summed E-state index contributed by atoms with van der Waals surface area (Å²) in [6.07, 6.45) is 0.0655. The van der Waals surface area contributed by atoms with E-state index in [1.807, 2.05) is 6.92 Å². The molecule has 0 aromatic carbocycles. The average molecular weight is 117 g/mol. The van der Waals surface area contributed by atoms with Crippen LogP contribution in [0.1, 0.15) is 19.8 Å². The Balaban J connectivity index is 3.10. The van der Waals surface area contributed by atoms with E-state index >= 15 is 0 Å². The quantitative estimate of drug-likeness (QED) is 0.559. The fraction of sp³-hybridized carbons (Fsp3) is 0.833. The Morgan fingerprint density at radius 3 is 2.12 bits per heavy atom. The van der Waals surface area contributed by atoms with Crippen LogP contribution in [-0.4, -0.2) is 22.4 Å². The first-order valence-electron chi connectivity index (χ1n) is 2.86. The zero-order valence-electron chi connectivity index (χ0n) is 5.17. The second kappa shape index (κ2) is 3.87. The van der Waals surface area contributed by atoms with Gasteiger partial charge in [0.15, 0.2) is 0 Å². The van der Waals surface area contributed by atoms with Gasteiger partial charge in [0.05, 0.1) is 12.2 Å². The van der Waals surface area contributed by atoms with Crippen LogP contribution in [0.3, 0.4) is 0 Å². The van der Waals surface area contributed by atoms with Crippen LogP contribution < -0.4 is 0 Å². The molecular weight excluding hydrogens is 104 g/mol. The summed E-state index contributed by atoms with van der Waals surface area (Å²) in [5, 5.41) is 17.4. The minimum absolute atomic E-state index is 0.385. The molecule has 0 aromatic heterocycles. The molecule has 2 N–H and O–H groups in total. The first-order chi connectivity index (χ1) is 3.66. The highest BCUT2D eigenvalue weighted by molar-refractivity contribution is 4.62. The van der Waals surface area contributed by atoms with E-state index in [0.717, 1.165) is 0 Å².